The van der Waals surface area contributed by atoms with Crippen LogP contribution in [0.3, 0.4) is 0 Å². The zero-order valence-electron chi connectivity index (χ0n) is 2.91. The molecule has 0 rings (SSSR count). The van der Waals surface area contributed by atoms with Crippen LogP contribution in [0.5, 0.6) is 0 Å². The van der Waals surface area contributed by atoms with E-state index < -0.39 is 0 Å². The molecule has 0 aliphatic heterocycles. The van der Waals surface area contributed by atoms with Gasteiger partial charge in [0.2, 0.25) is 0 Å². The Morgan fingerprint density at radius 1 is 1.75 bits per heavy atom. The van der Waals surface area contributed by atoms with Crippen LogP contribution in [0.2, 0.25) is 6.04 Å². The Labute approximate surface area is 30.6 Å². The van der Waals surface area contributed by atoms with E-state index in [0.29, 0.717) is 0 Å². The molecule has 0 atom stereocenters. The van der Waals surface area contributed by atoms with Crippen LogP contribution in [0.15, 0.2) is 0 Å². The predicted molar refractivity (Wildman–Crippen MR) is 20.9 cm³/mol. The van der Waals surface area contributed by atoms with Gasteiger partial charge in [0.05, 0.1) is 0 Å². The maximum atomic E-state index is 3.29. The molecule has 0 aliphatic carbocycles. The predicted octanol–water partition coefficient (Wildman–Crippen LogP) is 0.983. The normalized spacial score (nSPS) is 7.75. The van der Waals surface area contributed by atoms with E-state index in [1.165, 1.54) is 6.42 Å². The van der Waals surface area contributed by atoms with Crippen molar-refractivity contribution in [3.05, 3.63) is 0 Å². The molecule has 0 spiro atoms. The van der Waals surface area contributed by atoms with Gasteiger partial charge in [-0.2, -0.15) is 0 Å². The van der Waals surface area contributed by atoms with E-state index in [1.54, 1.807) is 0 Å². The first-order valence-electron chi connectivity index (χ1n) is 1.56. The molecule has 0 saturated heterocycles. The van der Waals surface area contributed by atoms with Gasteiger partial charge in [-0.15, -0.1) is 0 Å². The number of hydrogen-bond donors (Lipinski definition) is 0. The molecule has 0 heterocycles. The summed E-state index contributed by atoms with van der Waals surface area (Å²) >= 11 is 0. The van der Waals surface area contributed by atoms with Gasteiger partial charge >= 0.3 is 29.6 Å². The molecule has 0 N–H and O–H groups in total. The van der Waals surface area contributed by atoms with E-state index in [2.05, 4.69) is 17.2 Å². The van der Waals surface area contributed by atoms with Gasteiger partial charge in [0.1, 0.15) is 0 Å². The van der Waals surface area contributed by atoms with Crippen LogP contribution in [-0.4, -0.2) is 10.2 Å². The molecule has 1 heteroatoms. The molecule has 0 aromatic rings. The van der Waals surface area contributed by atoms with Crippen molar-refractivity contribution in [3.63, 3.8) is 0 Å². The summed E-state index contributed by atoms with van der Waals surface area (Å²) in [5.41, 5.74) is 0. The van der Waals surface area contributed by atoms with Crippen LogP contribution < -0.4 is 0 Å². The standard InChI is InChI=1S/C3H7Si/c1-2-3-4/h2-3H2,1H3/q+3. The van der Waals surface area contributed by atoms with E-state index in [9.17, 15) is 0 Å². The molecule has 0 aliphatic rings. The molecule has 0 nitrogen and oxygen atoms in total. The summed E-state index contributed by atoms with van der Waals surface area (Å²) in [5, 5.41) is 0. The Bertz CT molecular complexity index is 5.25. The average Bonchev–Trinajstić information content (AvgIpc) is 1.37. The van der Waals surface area contributed by atoms with Crippen LogP contribution in [0, 0.1) is 0 Å². The van der Waals surface area contributed by atoms with Gasteiger partial charge in [-0.1, -0.05) is 0 Å². The van der Waals surface area contributed by atoms with Crippen molar-refractivity contribution in [1.29, 1.82) is 0 Å². The minimum absolute atomic E-state index is 1.12. The molecule has 0 aromatic carbocycles. The van der Waals surface area contributed by atoms with E-state index in [0.717, 1.165) is 6.04 Å². The van der Waals surface area contributed by atoms with E-state index >= 15 is 0 Å². The van der Waals surface area contributed by atoms with Crippen molar-refractivity contribution in [3.8, 4) is 0 Å². The second kappa shape index (κ2) is 3.22. The van der Waals surface area contributed by atoms with E-state index in [-0.39, 0.29) is 0 Å². The van der Waals surface area contributed by atoms with Crippen molar-refractivity contribution in [2.45, 2.75) is 19.4 Å². The fourth-order valence-corrected chi connectivity index (χ4v) is 0. The molecule has 20 valence electrons. The quantitative estimate of drug-likeness (QED) is 0.404. The fourth-order valence-electron chi connectivity index (χ4n) is 0. The average molecular weight is 71.2 g/mol. The van der Waals surface area contributed by atoms with Crippen LogP contribution in [0.4, 0.5) is 0 Å². The van der Waals surface area contributed by atoms with Gasteiger partial charge in [0, 0.05) is 0 Å². The topological polar surface area (TPSA) is 0 Å². The summed E-state index contributed by atoms with van der Waals surface area (Å²) in [7, 11) is 3.29. The third-order valence-corrected chi connectivity index (χ3v) is 0.750. The molecule has 0 bridgehead atoms. The Morgan fingerprint density at radius 3 is 2.00 bits per heavy atom. The molecular formula is C3H7Si+3. The van der Waals surface area contributed by atoms with Crippen LogP contribution >= 0.6 is 0 Å². The summed E-state index contributed by atoms with van der Waals surface area (Å²) in [6.07, 6.45) is 1.23. The van der Waals surface area contributed by atoms with Gasteiger partial charge in [0.25, 0.3) is 0 Å². The first-order valence-corrected chi connectivity index (χ1v) is 2.27. The summed E-state index contributed by atoms with van der Waals surface area (Å²) in [5.74, 6) is 0. The summed E-state index contributed by atoms with van der Waals surface area (Å²) in [6.45, 7) is 2.13. The van der Waals surface area contributed by atoms with Crippen molar-refractivity contribution < 1.29 is 0 Å². The molecular weight excluding hydrogens is 64.1 g/mol. The van der Waals surface area contributed by atoms with Crippen LogP contribution in [0.25, 0.3) is 0 Å². The second-order valence-corrected chi connectivity index (χ2v) is 1.25. The van der Waals surface area contributed by atoms with Crippen LogP contribution in [0.1, 0.15) is 13.3 Å². The Hall–Kier alpha value is 0.217. The maximum absolute atomic E-state index is 3.29. The van der Waals surface area contributed by atoms with Gasteiger partial charge in [-0.3, -0.25) is 0 Å². The van der Waals surface area contributed by atoms with Crippen LogP contribution in [-0.2, 0) is 0 Å². The molecule has 0 aromatic heterocycles. The monoisotopic (exact) mass is 71.0 g/mol. The first-order chi connectivity index (χ1) is 1.91. The molecule has 0 radical (unpaired) electrons. The van der Waals surface area contributed by atoms with Gasteiger partial charge in [-0.05, 0) is 0 Å². The third-order valence-electron chi connectivity index (χ3n) is 0.250. The Kier molecular flexibility index (Phi) is 3.39. The fraction of sp³-hybridized carbons (Fsp3) is 1.00. The van der Waals surface area contributed by atoms with Gasteiger partial charge in [-0.25, -0.2) is 0 Å². The minimum atomic E-state index is 1.12. The van der Waals surface area contributed by atoms with Crippen molar-refractivity contribution >= 4 is 10.2 Å². The third kappa shape index (κ3) is 2.22. The van der Waals surface area contributed by atoms with Gasteiger partial charge in [0.15, 0.2) is 0 Å². The Balaban J connectivity index is 1.97. The van der Waals surface area contributed by atoms with E-state index in [4.69, 9.17) is 0 Å². The molecule has 4 heavy (non-hydrogen) atoms. The summed E-state index contributed by atoms with van der Waals surface area (Å²) in [4.78, 5) is 0. The number of hydrogen-bond acceptors (Lipinski definition) is 0. The molecule has 0 amide bonds. The number of rotatable bonds is 1. The molecule has 0 fully saturated rings. The summed E-state index contributed by atoms with van der Waals surface area (Å²) < 4.78 is 0. The summed E-state index contributed by atoms with van der Waals surface area (Å²) in [6, 6.07) is 1.12. The first kappa shape index (κ1) is 4.22. The zero-order chi connectivity index (χ0) is 3.41. The van der Waals surface area contributed by atoms with Crippen molar-refractivity contribution in [1.82, 2.24) is 0 Å². The molecule has 0 unspecified atom stereocenters. The van der Waals surface area contributed by atoms with Crippen molar-refractivity contribution in [2.75, 3.05) is 0 Å². The zero-order valence-corrected chi connectivity index (χ0v) is 3.91. The SMILES string of the molecule is CCC[Si+3]. The van der Waals surface area contributed by atoms with Gasteiger partial charge < -0.3 is 0 Å². The second-order valence-electron chi connectivity index (χ2n) is 0.750. The Morgan fingerprint density at radius 2 is 2.00 bits per heavy atom. The van der Waals surface area contributed by atoms with E-state index in [1.807, 2.05) is 0 Å². The van der Waals surface area contributed by atoms with Crippen molar-refractivity contribution in [2.24, 2.45) is 0 Å². The molecule has 0 saturated carbocycles.